The van der Waals surface area contributed by atoms with Gasteiger partial charge in [-0.05, 0) is 68.5 Å². The Morgan fingerprint density at radius 2 is 1.48 bits per heavy atom. The van der Waals surface area contributed by atoms with Crippen molar-refractivity contribution in [3.8, 4) is 11.5 Å². The van der Waals surface area contributed by atoms with Crippen molar-refractivity contribution >= 4 is 17.3 Å². The number of anilines is 2. The van der Waals surface area contributed by atoms with Crippen LogP contribution in [0.1, 0.15) is 56.3 Å². The minimum absolute atomic E-state index is 0.168. The first kappa shape index (κ1) is 21.0. The third-order valence-corrected chi connectivity index (χ3v) is 4.93. The molecule has 5 heteroatoms. The Bertz CT molecular complexity index is 757. The van der Waals surface area contributed by atoms with Gasteiger partial charge in [0.15, 0.2) is 0 Å². The summed E-state index contributed by atoms with van der Waals surface area (Å²) in [5.41, 5.74) is 2.53. The Kier molecular flexibility index (Phi) is 7.79. The predicted molar refractivity (Wildman–Crippen MR) is 118 cm³/mol. The highest BCUT2D eigenvalue weighted by Crippen LogP contribution is 2.25. The average Bonchev–Trinajstić information content (AvgIpc) is 2.77. The lowest BCUT2D eigenvalue weighted by atomic mass is 10.1. The van der Waals surface area contributed by atoms with Gasteiger partial charge in [0.1, 0.15) is 11.5 Å². The van der Waals surface area contributed by atoms with Crippen LogP contribution in [0.2, 0.25) is 0 Å². The molecular formula is C24H32N2O3. The van der Waals surface area contributed by atoms with E-state index in [0.717, 1.165) is 31.6 Å². The van der Waals surface area contributed by atoms with Gasteiger partial charge < -0.3 is 19.7 Å². The lowest BCUT2D eigenvalue weighted by Gasteiger charge is -2.28. The summed E-state index contributed by atoms with van der Waals surface area (Å²) in [6.07, 6.45) is 5.63. The number of benzene rings is 2. The van der Waals surface area contributed by atoms with Crippen molar-refractivity contribution in [3.05, 3.63) is 48.0 Å². The summed E-state index contributed by atoms with van der Waals surface area (Å²) in [7, 11) is 0. The molecule has 0 bridgehead atoms. The second-order valence-electron chi connectivity index (χ2n) is 7.44. The summed E-state index contributed by atoms with van der Waals surface area (Å²) in [5, 5.41) is 2.99. The topological polar surface area (TPSA) is 50.8 Å². The zero-order chi connectivity index (χ0) is 20.5. The molecule has 0 atom stereocenters. The largest absolute Gasteiger partial charge is 0.493 e. The number of rotatable bonds is 9. The lowest BCUT2D eigenvalue weighted by molar-refractivity contribution is 0.102. The van der Waals surface area contributed by atoms with Crippen molar-refractivity contribution in [3.63, 3.8) is 0 Å². The molecular weight excluding hydrogens is 364 g/mol. The lowest BCUT2D eigenvalue weighted by Crippen LogP contribution is -2.29. The van der Waals surface area contributed by atoms with E-state index in [4.69, 9.17) is 9.47 Å². The van der Waals surface area contributed by atoms with Crippen molar-refractivity contribution in [2.24, 2.45) is 0 Å². The zero-order valence-corrected chi connectivity index (χ0v) is 17.6. The van der Waals surface area contributed by atoms with Gasteiger partial charge in [-0.15, -0.1) is 0 Å². The molecule has 0 saturated carbocycles. The van der Waals surface area contributed by atoms with E-state index in [2.05, 4.69) is 36.2 Å². The summed E-state index contributed by atoms with van der Waals surface area (Å²) >= 11 is 0. The number of hydrogen-bond donors (Lipinski definition) is 1. The summed E-state index contributed by atoms with van der Waals surface area (Å²) in [6.45, 7) is 7.54. The predicted octanol–water partition coefficient (Wildman–Crippen LogP) is 5.51. The Morgan fingerprint density at radius 3 is 2.03 bits per heavy atom. The molecule has 1 fully saturated rings. The van der Waals surface area contributed by atoms with Gasteiger partial charge in [-0.2, -0.15) is 0 Å². The Labute approximate surface area is 174 Å². The molecule has 0 unspecified atom stereocenters. The molecule has 1 aliphatic heterocycles. The molecule has 29 heavy (non-hydrogen) atoms. The van der Waals surface area contributed by atoms with Gasteiger partial charge in [-0.3, -0.25) is 4.79 Å². The van der Waals surface area contributed by atoms with Crippen LogP contribution >= 0.6 is 0 Å². The van der Waals surface area contributed by atoms with Gasteiger partial charge in [-0.1, -0.05) is 13.8 Å². The fourth-order valence-electron chi connectivity index (χ4n) is 3.42. The van der Waals surface area contributed by atoms with Crippen LogP contribution in [0, 0.1) is 0 Å². The highest BCUT2D eigenvalue weighted by atomic mass is 16.5. The second-order valence-corrected chi connectivity index (χ2v) is 7.44. The molecule has 2 aromatic rings. The standard InChI is InChI=1S/C24H32N2O3/c1-3-14-28-22-16-19(17-23(18-22)29-15-4-2)24(27)25-20-8-10-21(11-9-20)26-12-6-5-7-13-26/h8-11,16-18H,3-7,12-15H2,1-2H3,(H,25,27). The van der Waals surface area contributed by atoms with Crippen molar-refractivity contribution in [2.45, 2.75) is 46.0 Å². The molecule has 0 aromatic heterocycles. The van der Waals surface area contributed by atoms with E-state index in [1.807, 2.05) is 18.2 Å². The Hall–Kier alpha value is -2.69. The number of amides is 1. The maximum atomic E-state index is 12.8. The molecule has 1 N–H and O–H groups in total. The third kappa shape index (κ3) is 6.14. The van der Waals surface area contributed by atoms with Crippen molar-refractivity contribution in [2.75, 3.05) is 36.5 Å². The van der Waals surface area contributed by atoms with E-state index in [9.17, 15) is 4.79 Å². The van der Waals surface area contributed by atoms with Gasteiger partial charge in [-0.25, -0.2) is 0 Å². The quantitative estimate of drug-likeness (QED) is 0.607. The molecule has 5 nitrogen and oxygen atoms in total. The van der Waals surface area contributed by atoms with Crippen LogP contribution in [-0.2, 0) is 0 Å². The van der Waals surface area contributed by atoms with Crippen LogP contribution in [0.3, 0.4) is 0 Å². The van der Waals surface area contributed by atoms with E-state index in [1.165, 1.54) is 24.9 Å². The third-order valence-electron chi connectivity index (χ3n) is 4.93. The molecule has 2 aromatic carbocycles. The van der Waals surface area contributed by atoms with Crippen LogP contribution in [0.5, 0.6) is 11.5 Å². The number of nitrogens with zero attached hydrogens (tertiary/aromatic N) is 1. The fraction of sp³-hybridized carbons (Fsp3) is 0.458. The first-order valence-corrected chi connectivity index (χ1v) is 10.8. The maximum absolute atomic E-state index is 12.8. The monoisotopic (exact) mass is 396 g/mol. The number of hydrogen-bond acceptors (Lipinski definition) is 4. The second kappa shape index (κ2) is 10.7. The van der Waals surface area contributed by atoms with E-state index >= 15 is 0 Å². The number of carbonyl (C=O) groups excluding carboxylic acids is 1. The normalized spacial score (nSPS) is 13.8. The van der Waals surface area contributed by atoms with Crippen LogP contribution < -0.4 is 19.7 Å². The first-order chi connectivity index (χ1) is 14.2. The fourth-order valence-corrected chi connectivity index (χ4v) is 3.42. The van der Waals surface area contributed by atoms with Gasteiger partial charge in [0.25, 0.3) is 5.91 Å². The molecule has 1 heterocycles. The molecule has 156 valence electrons. The van der Waals surface area contributed by atoms with Crippen LogP contribution in [-0.4, -0.2) is 32.2 Å². The van der Waals surface area contributed by atoms with Crippen LogP contribution in [0.15, 0.2) is 42.5 Å². The summed E-state index contributed by atoms with van der Waals surface area (Å²) in [4.78, 5) is 15.2. The average molecular weight is 397 g/mol. The first-order valence-electron chi connectivity index (χ1n) is 10.8. The number of piperidine rings is 1. The van der Waals surface area contributed by atoms with Crippen molar-refractivity contribution in [1.29, 1.82) is 0 Å². The zero-order valence-electron chi connectivity index (χ0n) is 17.6. The van der Waals surface area contributed by atoms with Gasteiger partial charge in [0.2, 0.25) is 0 Å². The van der Waals surface area contributed by atoms with Crippen molar-refractivity contribution < 1.29 is 14.3 Å². The number of carbonyl (C=O) groups is 1. The maximum Gasteiger partial charge on any atom is 0.255 e. The molecule has 0 aliphatic carbocycles. The summed E-state index contributed by atoms with van der Waals surface area (Å²) in [6, 6.07) is 13.5. The van der Waals surface area contributed by atoms with E-state index in [0.29, 0.717) is 30.3 Å². The summed E-state index contributed by atoms with van der Waals surface area (Å²) in [5.74, 6) is 1.15. The van der Waals surface area contributed by atoms with Gasteiger partial charge >= 0.3 is 0 Å². The van der Waals surface area contributed by atoms with Gasteiger partial charge in [0.05, 0.1) is 13.2 Å². The van der Waals surface area contributed by atoms with Crippen LogP contribution in [0.4, 0.5) is 11.4 Å². The van der Waals surface area contributed by atoms with E-state index in [1.54, 1.807) is 12.1 Å². The van der Waals surface area contributed by atoms with Gasteiger partial charge in [0, 0.05) is 36.1 Å². The molecule has 0 spiro atoms. The number of ether oxygens (including phenoxy) is 2. The Morgan fingerprint density at radius 1 is 0.897 bits per heavy atom. The highest BCUT2D eigenvalue weighted by Gasteiger charge is 2.13. The highest BCUT2D eigenvalue weighted by molar-refractivity contribution is 6.04. The molecule has 3 rings (SSSR count). The minimum Gasteiger partial charge on any atom is -0.493 e. The minimum atomic E-state index is -0.168. The van der Waals surface area contributed by atoms with E-state index < -0.39 is 0 Å². The SMILES string of the molecule is CCCOc1cc(OCCC)cc(C(=O)Nc2ccc(N3CCCCC3)cc2)c1. The molecule has 1 saturated heterocycles. The Balaban J connectivity index is 1.69. The summed E-state index contributed by atoms with van der Waals surface area (Å²) < 4.78 is 11.5. The van der Waals surface area contributed by atoms with Crippen LogP contribution in [0.25, 0.3) is 0 Å². The van der Waals surface area contributed by atoms with E-state index in [-0.39, 0.29) is 5.91 Å². The molecule has 1 amide bonds. The smallest absolute Gasteiger partial charge is 0.255 e. The molecule has 0 radical (unpaired) electrons. The molecule has 1 aliphatic rings. The van der Waals surface area contributed by atoms with Crippen molar-refractivity contribution in [1.82, 2.24) is 0 Å². The number of nitrogens with one attached hydrogen (secondary N) is 1.